The Hall–Kier alpha value is 0.493. The molecule has 0 unspecified atom stereocenters. The SMILES string of the molecule is [Zn]=[C]1C2CC3CC(C2)CC1C3. The Labute approximate surface area is 77.9 Å². The molecule has 4 bridgehead atoms. The zero-order valence-corrected chi connectivity index (χ0v) is 10.0. The van der Waals surface area contributed by atoms with Crippen LogP contribution in [0.25, 0.3) is 0 Å². The molecule has 1 heteroatoms. The first-order chi connectivity index (χ1) is 5.33. The molecule has 0 aromatic carbocycles. The van der Waals surface area contributed by atoms with E-state index in [1.54, 1.807) is 32.1 Å². The third-order valence-electron chi connectivity index (χ3n) is 4.19. The van der Waals surface area contributed by atoms with Gasteiger partial charge in [0.05, 0.1) is 0 Å². The average Bonchev–Trinajstić information content (AvgIpc) is 1.98. The van der Waals surface area contributed by atoms with Gasteiger partial charge in [-0.1, -0.05) is 0 Å². The van der Waals surface area contributed by atoms with E-state index >= 15 is 0 Å². The third-order valence-corrected chi connectivity index (χ3v) is 6.61. The van der Waals surface area contributed by atoms with E-state index in [4.69, 9.17) is 0 Å². The quantitative estimate of drug-likeness (QED) is 0.525. The van der Waals surface area contributed by atoms with Gasteiger partial charge in [-0.2, -0.15) is 0 Å². The summed E-state index contributed by atoms with van der Waals surface area (Å²) in [7, 11) is 0. The van der Waals surface area contributed by atoms with E-state index < -0.39 is 0 Å². The van der Waals surface area contributed by atoms with E-state index in [1.165, 1.54) is 17.9 Å². The van der Waals surface area contributed by atoms with Gasteiger partial charge in [-0.15, -0.1) is 0 Å². The summed E-state index contributed by atoms with van der Waals surface area (Å²) in [4.78, 5) is 0. The van der Waals surface area contributed by atoms with Crippen LogP contribution in [0.2, 0.25) is 0 Å². The van der Waals surface area contributed by atoms with Crippen LogP contribution in [0.5, 0.6) is 0 Å². The molecule has 0 N–H and O–H groups in total. The fourth-order valence-electron chi connectivity index (χ4n) is 3.79. The molecule has 0 radical (unpaired) electrons. The molecule has 0 aliphatic heterocycles. The minimum atomic E-state index is 1.12. The molecule has 0 amide bonds. The number of hydrogen-bond acceptors (Lipinski definition) is 0. The van der Waals surface area contributed by atoms with Crippen molar-refractivity contribution in [3.05, 3.63) is 0 Å². The van der Waals surface area contributed by atoms with Crippen molar-refractivity contribution in [1.29, 1.82) is 0 Å². The fraction of sp³-hybridized carbons (Fsp3) is 0.900. The van der Waals surface area contributed by atoms with Gasteiger partial charge in [-0.3, -0.25) is 0 Å². The molecule has 0 nitrogen and oxygen atoms in total. The summed E-state index contributed by atoms with van der Waals surface area (Å²) in [5, 5.41) is 0. The van der Waals surface area contributed by atoms with Gasteiger partial charge in [0, 0.05) is 0 Å². The Morgan fingerprint density at radius 1 is 0.818 bits per heavy atom. The molecular weight excluding hydrogens is 185 g/mol. The Morgan fingerprint density at radius 3 is 1.73 bits per heavy atom. The Morgan fingerprint density at radius 2 is 1.27 bits per heavy atom. The van der Waals surface area contributed by atoms with Gasteiger partial charge in [0.25, 0.3) is 0 Å². The molecule has 0 heterocycles. The van der Waals surface area contributed by atoms with Crippen molar-refractivity contribution in [2.45, 2.75) is 32.1 Å². The van der Waals surface area contributed by atoms with Crippen LogP contribution in [0.4, 0.5) is 0 Å². The molecule has 0 spiro atoms. The molecule has 4 saturated carbocycles. The summed E-state index contributed by atoms with van der Waals surface area (Å²) in [5.74, 6) is 4.55. The summed E-state index contributed by atoms with van der Waals surface area (Å²) in [6.45, 7) is 0. The molecule has 4 aliphatic carbocycles. The van der Waals surface area contributed by atoms with E-state index in [-0.39, 0.29) is 0 Å². The van der Waals surface area contributed by atoms with E-state index in [0.29, 0.717) is 0 Å². The van der Waals surface area contributed by atoms with Crippen LogP contribution in [0.3, 0.4) is 0 Å². The molecular formula is C10H14Zn. The van der Waals surface area contributed by atoms with Crippen LogP contribution in [0, 0.1) is 23.7 Å². The zero-order chi connectivity index (χ0) is 7.42. The van der Waals surface area contributed by atoms with Gasteiger partial charge in [0.15, 0.2) is 0 Å². The first kappa shape index (κ1) is 6.95. The maximum atomic E-state index is 2.00. The van der Waals surface area contributed by atoms with Crippen LogP contribution >= 0.6 is 0 Å². The average molecular weight is 200 g/mol. The normalized spacial score (nSPS) is 53.8. The first-order valence-corrected chi connectivity index (χ1v) is 6.50. The van der Waals surface area contributed by atoms with Gasteiger partial charge in [-0.25, -0.2) is 0 Å². The first-order valence-electron chi connectivity index (χ1n) is 5.01. The fourth-order valence-corrected chi connectivity index (χ4v) is 5.19. The number of rotatable bonds is 0. The topological polar surface area (TPSA) is 0 Å². The zero-order valence-electron chi connectivity index (χ0n) is 7.05. The third kappa shape index (κ3) is 0.932. The van der Waals surface area contributed by atoms with Gasteiger partial charge < -0.3 is 0 Å². The van der Waals surface area contributed by atoms with Crippen LogP contribution in [-0.2, 0) is 17.9 Å². The molecule has 0 aromatic rings. The van der Waals surface area contributed by atoms with E-state index in [0.717, 1.165) is 23.7 Å². The van der Waals surface area contributed by atoms with Gasteiger partial charge in [-0.05, 0) is 0 Å². The molecule has 56 valence electrons. The molecule has 11 heavy (non-hydrogen) atoms. The summed E-state index contributed by atoms with van der Waals surface area (Å²) in [6.07, 6.45) is 7.94. The van der Waals surface area contributed by atoms with E-state index in [1.807, 2.05) is 4.11 Å². The molecule has 4 fully saturated rings. The van der Waals surface area contributed by atoms with Gasteiger partial charge >= 0.3 is 77.7 Å². The molecule has 0 aromatic heterocycles. The van der Waals surface area contributed by atoms with Gasteiger partial charge in [0.1, 0.15) is 0 Å². The molecule has 0 saturated heterocycles. The number of hydrogen-bond donors (Lipinski definition) is 0. The van der Waals surface area contributed by atoms with Crippen molar-refractivity contribution < 1.29 is 17.9 Å². The molecule has 0 atom stereocenters. The minimum absolute atomic E-state index is 1.12. The standard InChI is InChI=1S/C10H14.Zn/c1-7-2-9-4-8(1)5-10(3-7)6-9;/h7-10H,1-5H2;. The predicted molar refractivity (Wildman–Crippen MR) is 42.1 cm³/mol. The van der Waals surface area contributed by atoms with Crippen molar-refractivity contribution in [1.82, 2.24) is 0 Å². The van der Waals surface area contributed by atoms with Crippen LogP contribution < -0.4 is 0 Å². The van der Waals surface area contributed by atoms with Gasteiger partial charge in [0.2, 0.25) is 0 Å². The summed E-state index contributed by atoms with van der Waals surface area (Å²) in [5.41, 5.74) is 0. The monoisotopic (exact) mass is 198 g/mol. The van der Waals surface area contributed by atoms with Crippen molar-refractivity contribution in [3.63, 3.8) is 0 Å². The Bertz CT molecular complexity index is 177. The van der Waals surface area contributed by atoms with Crippen molar-refractivity contribution >= 4 is 4.11 Å². The second-order valence-corrected chi connectivity index (χ2v) is 6.59. The van der Waals surface area contributed by atoms with Crippen LogP contribution in [0.1, 0.15) is 32.1 Å². The van der Waals surface area contributed by atoms with Crippen molar-refractivity contribution in [2.75, 3.05) is 0 Å². The van der Waals surface area contributed by atoms with E-state index in [9.17, 15) is 0 Å². The molecule has 4 aliphatic rings. The maximum absolute atomic E-state index is 2.00. The second kappa shape index (κ2) is 2.25. The van der Waals surface area contributed by atoms with Crippen molar-refractivity contribution in [2.24, 2.45) is 23.7 Å². The summed E-state index contributed by atoms with van der Waals surface area (Å²) < 4.78 is 2.00. The van der Waals surface area contributed by atoms with Crippen LogP contribution in [0.15, 0.2) is 0 Å². The van der Waals surface area contributed by atoms with E-state index in [2.05, 4.69) is 0 Å². The summed E-state index contributed by atoms with van der Waals surface area (Å²) >= 11 is 1.51. The predicted octanol–water partition coefficient (Wildman–Crippen LogP) is 2.16. The Balaban J connectivity index is 1.96. The van der Waals surface area contributed by atoms with Crippen LogP contribution in [-0.4, -0.2) is 4.11 Å². The Kier molecular flexibility index (Phi) is 1.42. The molecule has 4 rings (SSSR count). The van der Waals surface area contributed by atoms with Crippen molar-refractivity contribution in [3.8, 4) is 0 Å². The second-order valence-electron chi connectivity index (χ2n) is 4.88. The summed E-state index contributed by atoms with van der Waals surface area (Å²) in [6, 6.07) is 0.